The summed E-state index contributed by atoms with van der Waals surface area (Å²) < 4.78 is 5.05. The Bertz CT molecular complexity index is 1010. The van der Waals surface area contributed by atoms with Crippen LogP contribution in [-0.2, 0) is 0 Å². The number of halogens is 1. The Morgan fingerprint density at radius 1 is 1.46 bits per heavy atom. The summed E-state index contributed by atoms with van der Waals surface area (Å²) in [4.78, 5) is 19.7. The van der Waals surface area contributed by atoms with Gasteiger partial charge in [0.05, 0.1) is 13.2 Å². The first-order valence-electron chi connectivity index (χ1n) is 7.05. The molecule has 0 aliphatic carbocycles. The lowest BCUT2D eigenvalue weighted by Gasteiger charge is -2.13. The van der Waals surface area contributed by atoms with Crippen LogP contribution in [0.4, 0.5) is 5.13 Å². The van der Waals surface area contributed by atoms with Crippen LogP contribution >= 0.6 is 22.9 Å². The molecule has 1 atom stereocenters. The third-order valence-corrected chi connectivity index (χ3v) is 4.64. The average Bonchev–Trinajstić information content (AvgIpc) is 2.96. The van der Waals surface area contributed by atoms with Crippen LogP contribution in [0.15, 0.2) is 29.1 Å². The van der Waals surface area contributed by atoms with Crippen molar-refractivity contribution in [3.05, 3.63) is 50.1 Å². The number of benzene rings is 1. The molecule has 3 aromatic rings. The number of nitrogens with one attached hydrogen (secondary N) is 2. The van der Waals surface area contributed by atoms with Crippen molar-refractivity contribution in [1.82, 2.24) is 9.97 Å². The molecule has 24 heavy (non-hydrogen) atoms. The minimum Gasteiger partial charge on any atom is -0.479 e. The number of thiazole rings is 1. The first-order chi connectivity index (χ1) is 11.5. The molecule has 2 N–H and O–H groups in total. The van der Waals surface area contributed by atoms with Crippen LogP contribution < -0.4 is 15.6 Å². The van der Waals surface area contributed by atoms with Gasteiger partial charge in [0.15, 0.2) is 10.0 Å². The van der Waals surface area contributed by atoms with Crippen molar-refractivity contribution in [2.45, 2.75) is 13.0 Å². The Balaban J connectivity index is 1.95. The van der Waals surface area contributed by atoms with Gasteiger partial charge in [0.2, 0.25) is 5.88 Å². The molecular formula is C16H13ClN4O2S. The number of H-pyrrole nitrogens is 1. The first kappa shape index (κ1) is 16.3. The molecule has 122 valence electrons. The molecule has 0 amide bonds. The van der Waals surface area contributed by atoms with Crippen molar-refractivity contribution in [1.29, 1.82) is 5.26 Å². The molecule has 6 nitrogen and oxygen atoms in total. The zero-order valence-electron chi connectivity index (χ0n) is 12.9. The highest BCUT2D eigenvalue weighted by Gasteiger charge is 2.16. The molecule has 3 rings (SSSR count). The highest BCUT2D eigenvalue weighted by atomic mass is 35.5. The van der Waals surface area contributed by atoms with Crippen LogP contribution in [0.1, 0.15) is 23.4 Å². The molecule has 0 radical (unpaired) electrons. The fraction of sp³-hybridized carbons (Fsp3) is 0.188. The lowest BCUT2D eigenvalue weighted by atomic mass is 10.1. The molecule has 0 fully saturated rings. The molecule has 8 heteroatoms. The van der Waals surface area contributed by atoms with Crippen molar-refractivity contribution >= 4 is 39.0 Å². The maximum Gasteiger partial charge on any atom is 0.253 e. The van der Waals surface area contributed by atoms with Gasteiger partial charge >= 0.3 is 0 Å². The van der Waals surface area contributed by atoms with Gasteiger partial charge in [-0.15, -0.1) is 0 Å². The summed E-state index contributed by atoms with van der Waals surface area (Å²) in [5.41, 5.74) is 1.09. The molecule has 0 spiro atoms. The van der Waals surface area contributed by atoms with Gasteiger partial charge < -0.3 is 15.0 Å². The minimum atomic E-state index is -0.306. The van der Waals surface area contributed by atoms with E-state index in [1.165, 1.54) is 18.4 Å². The van der Waals surface area contributed by atoms with E-state index in [4.69, 9.17) is 21.6 Å². The van der Waals surface area contributed by atoms with Crippen LogP contribution in [-0.4, -0.2) is 17.1 Å². The van der Waals surface area contributed by atoms with E-state index in [0.717, 1.165) is 10.9 Å². The van der Waals surface area contributed by atoms with E-state index in [-0.39, 0.29) is 17.5 Å². The van der Waals surface area contributed by atoms with E-state index < -0.39 is 0 Å². The molecule has 0 unspecified atom stereocenters. The van der Waals surface area contributed by atoms with E-state index in [1.807, 2.05) is 13.0 Å². The quantitative estimate of drug-likeness (QED) is 0.740. The summed E-state index contributed by atoms with van der Waals surface area (Å²) >= 11 is 7.19. The number of rotatable bonds is 4. The summed E-state index contributed by atoms with van der Waals surface area (Å²) in [7, 11) is 1.46. The Labute approximate surface area is 146 Å². The number of pyridine rings is 1. The number of anilines is 1. The normalized spacial score (nSPS) is 11.9. The van der Waals surface area contributed by atoms with Crippen LogP contribution in [0.25, 0.3) is 10.9 Å². The van der Waals surface area contributed by atoms with Crippen LogP contribution in [0, 0.1) is 11.3 Å². The number of hydrogen-bond donors (Lipinski definition) is 2. The lowest BCUT2D eigenvalue weighted by Crippen LogP contribution is -2.19. The second-order valence-electron chi connectivity index (χ2n) is 5.12. The van der Waals surface area contributed by atoms with Crippen molar-refractivity contribution in [3.8, 4) is 11.9 Å². The number of methoxy groups -OCH3 is 1. The number of fused-ring (bicyclic) bond motifs is 1. The molecule has 0 aliphatic heterocycles. The predicted molar refractivity (Wildman–Crippen MR) is 95.0 cm³/mol. The highest BCUT2D eigenvalue weighted by molar-refractivity contribution is 7.16. The fourth-order valence-electron chi connectivity index (χ4n) is 2.36. The largest absolute Gasteiger partial charge is 0.479 e. The maximum atomic E-state index is 12.3. The Kier molecular flexibility index (Phi) is 4.42. The van der Waals surface area contributed by atoms with E-state index in [0.29, 0.717) is 20.6 Å². The summed E-state index contributed by atoms with van der Waals surface area (Å²) in [5, 5.41) is 14.1. The molecule has 2 heterocycles. The van der Waals surface area contributed by atoms with E-state index in [9.17, 15) is 4.79 Å². The predicted octanol–water partition coefficient (Wildman–Crippen LogP) is 3.69. The average molecular weight is 361 g/mol. The number of ether oxygens (including phenoxy) is 1. The summed E-state index contributed by atoms with van der Waals surface area (Å²) in [5.74, 6) is 0.274. The van der Waals surface area contributed by atoms with Gasteiger partial charge in [-0.2, -0.15) is 10.2 Å². The number of hydrogen-bond acceptors (Lipinski definition) is 6. The molecule has 1 aromatic carbocycles. The molecular weight excluding hydrogens is 348 g/mol. The summed E-state index contributed by atoms with van der Waals surface area (Å²) in [6.45, 7) is 1.85. The molecule has 2 aromatic heterocycles. The Hall–Kier alpha value is -2.56. The zero-order valence-corrected chi connectivity index (χ0v) is 14.5. The van der Waals surface area contributed by atoms with Gasteiger partial charge in [0.25, 0.3) is 5.56 Å². The minimum absolute atomic E-state index is 0.186. The van der Waals surface area contributed by atoms with Gasteiger partial charge in [-0.1, -0.05) is 22.9 Å². The van der Waals surface area contributed by atoms with Gasteiger partial charge in [-0.3, -0.25) is 4.79 Å². The monoisotopic (exact) mass is 360 g/mol. The fourth-order valence-corrected chi connectivity index (χ4v) is 3.36. The molecule has 0 saturated carbocycles. The Morgan fingerprint density at radius 3 is 2.92 bits per heavy atom. The topological polar surface area (TPSA) is 90.8 Å². The summed E-state index contributed by atoms with van der Waals surface area (Å²) in [6, 6.07) is 8.82. The standard InChI is InChI=1S/C16H13ClN4O2S/c1-8(19-16-21-15(23-2)13(7-18)24-16)11-6-9-5-10(17)3-4-12(9)20-14(11)22/h3-6,8H,1-2H3,(H,19,21)(H,20,22)/t8-/m0/s1. The van der Waals surface area contributed by atoms with Gasteiger partial charge in [-0.25, -0.2) is 0 Å². The van der Waals surface area contributed by atoms with Gasteiger partial charge in [-0.05, 0) is 31.2 Å². The summed E-state index contributed by atoms with van der Waals surface area (Å²) in [6.07, 6.45) is 0. The highest BCUT2D eigenvalue weighted by Crippen LogP contribution is 2.30. The van der Waals surface area contributed by atoms with Gasteiger partial charge in [0.1, 0.15) is 6.07 Å². The van der Waals surface area contributed by atoms with Crippen LogP contribution in [0.5, 0.6) is 5.88 Å². The number of aromatic amines is 1. The zero-order chi connectivity index (χ0) is 17.3. The lowest BCUT2D eigenvalue weighted by molar-refractivity contribution is 0.400. The molecule has 0 bridgehead atoms. The van der Waals surface area contributed by atoms with Crippen LogP contribution in [0.3, 0.4) is 0 Å². The second-order valence-corrected chi connectivity index (χ2v) is 6.56. The van der Waals surface area contributed by atoms with E-state index in [1.54, 1.807) is 24.3 Å². The third-order valence-electron chi connectivity index (χ3n) is 3.53. The number of nitrogens with zero attached hydrogens (tertiary/aromatic N) is 2. The maximum absolute atomic E-state index is 12.3. The first-order valence-corrected chi connectivity index (χ1v) is 8.25. The second kappa shape index (κ2) is 6.51. The molecule has 0 aliphatic rings. The number of nitriles is 1. The van der Waals surface area contributed by atoms with Crippen LogP contribution in [0.2, 0.25) is 5.02 Å². The smallest absolute Gasteiger partial charge is 0.253 e. The van der Waals surface area contributed by atoms with Crippen molar-refractivity contribution < 1.29 is 4.74 Å². The van der Waals surface area contributed by atoms with Crippen molar-refractivity contribution in [3.63, 3.8) is 0 Å². The SMILES string of the molecule is COc1nc(N[C@@H](C)c2cc3cc(Cl)ccc3[nH]c2=O)sc1C#N. The van der Waals surface area contributed by atoms with E-state index in [2.05, 4.69) is 15.3 Å². The molecule has 0 saturated heterocycles. The van der Waals surface area contributed by atoms with E-state index >= 15 is 0 Å². The Morgan fingerprint density at radius 2 is 2.25 bits per heavy atom. The third kappa shape index (κ3) is 3.07. The number of aromatic nitrogens is 2. The van der Waals surface area contributed by atoms with Crippen molar-refractivity contribution in [2.24, 2.45) is 0 Å². The van der Waals surface area contributed by atoms with Crippen molar-refractivity contribution in [2.75, 3.05) is 12.4 Å². The van der Waals surface area contributed by atoms with Gasteiger partial charge in [0, 0.05) is 21.5 Å².